The van der Waals surface area contributed by atoms with Crippen molar-refractivity contribution in [1.29, 1.82) is 0 Å². The lowest BCUT2D eigenvalue weighted by atomic mass is 10.3. The lowest BCUT2D eigenvalue weighted by molar-refractivity contribution is -0.00461. The van der Waals surface area contributed by atoms with Gasteiger partial charge in [-0.2, -0.15) is 0 Å². The predicted octanol–water partition coefficient (Wildman–Crippen LogP) is 0.538. The van der Waals surface area contributed by atoms with Crippen molar-refractivity contribution in [1.82, 2.24) is 15.2 Å². The molecule has 2 heterocycles. The molecule has 0 aliphatic carbocycles. The molecule has 106 valence electrons. The van der Waals surface area contributed by atoms with Gasteiger partial charge in [-0.1, -0.05) is 0 Å². The van der Waals surface area contributed by atoms with E-state index in [1.165, 1.54) is 6.39 Å². The van der Waals surface area contributed by atoms with E-state index in [-0.39, 0.29) is 18.2 Å². The molecule has 1 N–H and O–H groups in total. The number of hydrogen-bond donors (Lipinski definition) is 1. The molecule has 1 aromatic heterocycles. The summed E-state index contributed by atoms with van der Waals surface area (Å²) in [5.74, 6) is 0.714. The minimum absolute atomic E-state index is 0.0791. The van der Waals surface area contributed by atoms with Gasteiger partial charge < -0.3 is 24.1 Å². The van der Waals surface area contributed by atoms with Gasteiger partial charge in [0.25, 0.3) is 0 Å². The number of aromatic nitrogens is 1. The van der Waals surface area contributed by atoms with Gasteiger partial charge in [-0.25, -0.2) is 9.78 Å². The van der Waals surface area contributed by atoms with Crippen LogP contribution in [0, 0.1) is 6.92 Å². The summed E-state index contributed by atoms with van der Waals surface area (Å²) in [5, 5.41) is 2.81. The Hall–Kier alpha value is -1.60. The highest BCUT2D eigenvalue weighted by Crippen LogP contribution is 2.15. The van der Waals surface area contributed by atoms with Crippen molar-refractivity contribution < 1.29 is 18.7 Å². The Balaban J connectivity index is 1.86. The monoisotopic (exact) mass is 269 g/mol. The van der Waals surface area contributed by atoms with Crippen LogP contribution in [0.5, 0.6) is 0 Å². The normalized spacial score (nSPS) is 22.8. The van der Waals surface area contributed by atoms with Gasteiger partial charge in [-0.05, 0) is 6.92 Å². The van der Waals surface area contributed by atoms with Crippen LogP contribution in [0.25, 0.3) is 0 Å². The number of amides is 2. The lowest BCUT2D eigenvalue weighted by Crippen LogP contribution is -2.39. The van der Waals surface area contributed by atoms with Gasteiger partial charge in [0.05, 0.1) is 19.6 Å². The van der Waals surface area contributed by atoms with Gasteiger partial charge in [0, 0.05) is 14.2 Å². The van der Waals surface area contributed by atoms with E-state index in [0.29, 0.717) is 25.4 Å². The van der Waals surface area contributed by atoms with Crippen molar-refractivity contribution in [3.8, 4) is 0 Å². The van der Waals surface area contributed by atoms with Crippen molar-refractivity contribution in [2.75, 3.05) is 27.3 Å². The molecule has 2 rings (SSSR count). The summed E-state index contributed by atoms with van der Waals surface area (Å²) >= 11 is 0. The van der Waals surface area contributed by atoms with E-state index in [1.807, 2.05) is 6.92 Å². The third-order valence-electron chi connectivity index (χ3n) is 3.36. The number of carbonyl (C=O) groups excluding carboxylic acids is 1. The number of oxazole rings is 1. The molecule has 1 aliphatic heterocycles. The third kappa shape index (κ3) is 3.05. The summed E-state index contributed by atoms with van der Waals surface area (Å²) in [5.41, 5.74) is 0.735. The summed E-state index contributed by atoms with van der Waals surface area (Å²) in [6, 6.07) is -0.149. The van der Waals surface area contributed by atoms with Crippen molar-refractivity contribution >= 4 is 6.03 Å². The number of rotatable bonds is 4. The zero-order chi connectivity index (χ0) is 13.8. The van der Waals surface area contributed by atoms with Crippen molar-refractivity contribution in [3.05, 3.63) is 17.8 Å². The number of nitrogens with one attached hydrogen (secondary N) is 1. The van der Waals surface area contributed by atoms with Gasteiger partial charge in [0.1, 0.15) is 23.7 Å². The van der Waals surface area contributed by atoms with Crippen LogP contribution in [-0.2, 0) is 16.0 Å². The number of methoxy groups -OCH3 is 2. The molecule has 1 aromatic rings. The molecule has 0 saturated carbocycles. The zero-order valence-electron chi connectivity index (χ0n) is 11.4. The molecular formula is C12H19N3O4. The van der Waals surface area contributed by atoms with Crippen LogP contribution in [0.3, 0.4) is 0 Å². The van der Waals surface area contributed by atoms with Crippen molar-refractivity contribution in [2.45, 2.75) is 25.7 Å². The van der Waals surface area contributed by atoms with Crippen LogP contribution in [0.1, 0.15) is 11.5 Å². The number of ether oxygens (including phenoxy) is 2. The molecule has 0 bridgehead atoms. The minimum Gasteiger partial charge on any atom is -0.448 e. The molecule has 1 aliphatic rings. The molecule has 7 heteroatoms. The van der Waals surface area contributed by atoms with Crippen molar-refractivity contribution in [3.63, 3.8) is 0 Å². The topological polar surface area (TPSA) is 76.8 Å². The molecule has 0 unspecified atom stereocenters. The Kier molecular flexibility index (Phi) is 4.39. The standard InChI is InChI=1S/C12H19N3O4/c1-8-9(14-7-19-8)4-13-12(16)15-5-10(17-2)11(6-15)18-3/h7,10-11H,4-6H2,1-3H3,(H,13,16)/t10-,11+. The summed E-state index contributed by atoms with van der Waals surface area (Å²) in [4.78, 5) is 17.7. The number of hydrogen-bond acceptors (Lipinski definition) is 5. The van der Waals surface area contributed by atoms with E-state index in [2.05, 4.69) is 10.3 Å². The summed E-state index contributed by atoms with van der Waals surface area (Å²) < 4.78 is 15.7. The fourth-order valence-corrected chi connectivity index (χ4v) is 2.13. The number of likely N-dealkylation sites (tertiary alicyclic amines) is 1. The molecule has 1 saturated heterocycles. The maximum Gasteiger partial charge on any atom is 0.317 e. The Morgan fingerprint density at radius 2 is 2.11 bits per heavy atom. The van der Waals surface area contributed by atoms with Crippen LogP contribution in [0.4, 0.5) is 4.79 Å². The molecule has 2 amide bonds. The highest BCUT2D eigenvalue weighted by molar-refractivity contribution is 5.74. The highest BCUT2D eigenvalue weighted by Gasteiger charge is 2.35. The molecular weight excluding hydrogens is 250 g/mol. The van der Waals surface area contributed by atoms with E-state index < -0.39 is 0 Å². The predicted molar refractivity (Wildman–Crippen MR) is 66.6 cm³/mol. The largest absolute Gasteiger partial charge is 0.448 e. The number of urea groups is 1. The van der Waals surface area contributed by atoms with Gasteiger partial charge >= 0.3 is 6.03 Å². The molecule has 0 radical (unpaired) electrons. The number of carbonyl (C=O) groups is 1. The quantitative estimate of drug-likeness (QED) is 0.863. The van der Waals surface area contributed by atoms with Gasteiger partial charge in [-0.3, -0.25) is 0 Å². The second-order valence-corrected chi connectivity index (χ2v) is 4.47. The van der Waals surface area contributed by atoms with Crippen LogP contribution < -0.4 is 5.32 Å². The van der Waals surface area contributed by atoms with E-state index in [4.69, 9.17) is 13.9 Å². The second-order valence-electron chi connectivity index (χ2n) is 4.47. The second kappa shape index (κ2) is 6.03. The SMILES string of the molecule is CO[C@H]1CN(C(=O)NCc2ncoc2C)C[C@H]1OC. The third-order valence-corrected chi connectivity index (χ3v) is 3.36. The first-order chi connectivity index (χ1) is 9.15. The highest BCUT2D eigenvalue weighted by atomic mass is 16.5. The Labute approximate surface area is 111 Å². The summed E-state index contributed by atoms with van der Waals surface area (Å²) in [6.45, 7) is 3.22. The fraction of sp³-hybridized carbons (Fsp3) is 0.667. The van der Waals surface area contributed by atoms with Crippen LogP contribution >= 0.6 is 0 Å². The first-order valence-corrected chi connectivity index (χ1v) is 6.13. The molecule has 19 heavy (non-hydrogen) atoms. The maximum atomic E-state index is 12.0. The lowest BCUT2D eigenvalue weighted by Gasteiger charge is -2.16. The number of aryl methyl sites for hydroxylation is 1. The average molecular weight is 269 g/mol. The molecule has 2 atom stereocenters. The molecule has 1 fully saturated rings. The molecule has 7 nitrogen and oxygen atoms in total. The van der Waals surface area contributed by atoms with E-state index in [9.17, 15) is 4.79 Å². The summed E-state index contributed by atoms with van der Waals surface area (Å²) in [6.07, 6.45) is 1.21. The van der Waals surface area contributed by atoms with Gasteiger partial charge in [0.2, 0.25) is 0 Å². The van der Waals surface area contributed by atoms with Gasteiger partial charge in [-0.15, -0.1) is 0 Å². The minimum atomic E-state index is -0.149. The Morgan fingerprint density at radius 1 is 1.47 bits per heavy atom. The smallest absolute Gasteiger partial charge is 0.317 e. The van der Waals surface area contributed by atoms with E-state index >= 15 is 0 Å². The van der Waals surface area contributed by atoms with Crippen LogP contribution in [-0.4, -0.2) is 55.4 Å². The van der Waals surface area contributed by atoms with Crippen LogP contribution in [0.15, 0.2) is 10.8 Å². The average Bonchev–Trinajstić information content (AvgIpc) is 3.01. The summed E-state index contributed by atoms with van der Waals surface area (Å²) in [7, 11) is 3.24. The van der Waals surface area contributed by atoms with Gasteiger partial charge in [0.15, 0.2) is 6.39 Å². The Bertz CT molecular complexity index is 422. The Morgan fingerprint density at radius 3 is 2.58 bits per heavy atom. The van der Waals surface area contributed by atoms with E-state index in [1.54, 1.807) is 19.1 Å². The number of nitrogens with zero attached hydrogens (tertiary/aromatic N) is 2. The molecule has 0 spiro atoms. The van der Waals surface area contributed by atoms with E-state index in [0.717, 1.165) is 5.69 Å². The van der Waals surface area contributed by atoms with Crippen LogP contribution in [0.2, 0.25) is 0 Å². The first-order valence-electron chi connectivity index (χ1n) is 6.13. The molecule has 0 aromatic carbocycles. The zero-order valence-corrected chi connectivity index (χ0v) is 11.4. The van der Waals surface area contributed by atoms with Crippen molar-refractivity contribution in [2.24, 2.45) is 0 Å². The first kappa shape index (κ1) is 13.8. The fourth-order valence-electron chi connectivity index (χ4n) is 2.13. The maximum absolute atomic E-state index is 12.0.